The van der Waals surface area contributed by atoms with Crippen LogP contribution in [0.15, 0.2) is 71.1 Å². The van der Waals surface area contributed by atoms with E-state index < -0.39 is 0 Å². The van der Waals surface area contributed by atoms with Gasteiger partial charge in [-0.1, -0.05) is 48.0 Å². The summed E-state index contributed by atoms with van der Waals surface area (Å²) in [5, 5.41) is 5.19. The predicted octanol–water partition coefficient (Wildman–Crippen LogP) is 5.23. The van der Waals surface area contributed by atoms with Gasteiger partial charge in [0.15, 0.2) is 0 Å². The molecule has 34 heavy (non-hydrogen) atoms. The number of carbonyl (C=O) groups excluding carboxylic acids is 1. The summed E-state index contributed by atoms with van der Waals surface area (Å²) in [6, 6.07) is 22.5. The first kappa shape index (κ1) is 21.2. The van der Waals surface area contributed by atoms with Crippen molar-refractivity contribution in [2.24, 2.45) is 0 Å². The number of urea groups is 1. The molecule has 4 aromatic rings. The van der Waals surface area contributed by atoms with Crippen LogP contribution in [0.1, 0.15) is 17.0 Å². The van der Waals surface area contributed by atoms with Gasteiger partial charge in [0.25, 0.3) is 0 Å². The van der Waals surface area contributed by atoms with Crippen molar-refractivity contribution >= 4 is 33.7 Å². The Morgan fingerprint density at radius 2 is 1.94 bits per heavy atom. The number of hydrogen-bond acceptors (Lipinski definition) is 4. The second-order valence-corrected chi connectivity index (χ2v) is 9.59. The van der Waals surface area contributed by atoms with Crippen molar-refractivity contribution in [2.45, 2.75) is 18.4 Å². The Balaban J connectivity index is 1.30. The average molecular weight is 456 g/mol. The second-order valence-electron chi connectivity index (χ2n) is 9.59. The Labute approximate surface area is 199 Å². The van der Waals surface area contributed by atoms with Crippen LogP contribution < -0.4 is 5.32 Å². The molecule has 6 heteroatoms. The van der Waals surface area contributed by atoms with Gasteiger partial charge >= 0.3 is 6.03 Å². The zero-order valence-electron chi connectivity index (χ0n) is 19.6. The molecule has 2 aliphatic rings. The Morgan fingerprint density at radius 1 is 1.09 bits per heavy atom. The highest BCUT2D eigenvalue weighted by molar-refractivity contribution is 6.14. The van der Waals surface area contributed by atoms with Crippen molar-refractivity contribution in [3.8, 4) is 0 Å². The Kier molecular flexibility index (Phi) is 5.08. The molecule has 3 aromatic carbocycles. The van der Waals surface area contributed by atoms with Gasteiger partial charge in [-0.2, -0.15) is 0 Å². The molecule has 2 atom stereocenters. The van der Waals surface area contributed by atoms with Crippen LogP contribution in [0.25, 0.3) is 21.9 Å². The number of aryl methyl sites for hydroxylation is 1. The van der Waals surface area contributed by atoms with Gasteiger partial charge in [0.2, 0.25) is 0 Å². The Bertz CT molecular complexity index is 1370. The summed E-state index contributed by atoms with van der Waals surface area (Å²) in [6.07, 6.45) is 0. The minimum atomic E-state index is -0.178. The van der Waals surface area contributed by atoms with Crippen LogP contribution in [0.5, 0.6) is 0 Å². The van der Waals surface area contributed by atoms with Crippen LogP contribution in [0.4, 0.5) is 10.5 Å². The predicted molar refractivity (Wildman–Crippen MR) is 134 cm³/mol. The third kappa shape index (κ3) is 3.45. The van der Waals surface area contributed by atoms with Crippen molar-refractivity contribution in [3.05, 3.63) is 77.9 Å². The summed E-state index contributed by atoms with van der Waals surface area (Å²) >= 11 is 0. The van der Waals surface area contributed by atoms with E-state index in [9.17, 15) is 4.79 Å². The van der Waals surface area contributed by atoms with Crippen molar-refractivity contribution in [1.82, 2.24) is 9.80 Å². The van der Waals surface area contributed by atoms with Gasteiger partial charge in [0, 0.05) is 44.6 Å². The van der Waals surface area contributed by atoms with Gasteiger partial charge in [-0.3, -0.25) is 4.90 Å². The molecule has 174 valence electrons. The minimum absolute atomic E-state index is 0.0518. The fourth-order valence-electron chi connectivity index (χ4n) is 5.66. The summed E-state index contributed by atoms with van der Waals surface area (Å²) in [5.41, 5.74) is 4.68. The fraction of sp³-hybridized carbons (Fsp3) is 0.321. The Morgan fingerprint density at radius 3 is 2.76 bits per heavy atom. The largest absolute Gasteiger partial charge is 0.456 e. The number of amides is 2. The highest BCUT2D eigenvalue weighted by Crippen LogP contribution is 2.50. The number of fused-ring (bicyclic) bond motifs is 3. The number of likely N-dealkylation sites (tertiary alicyclic amines) is 1. The highest BCUT2D eigenvalue weighted by atomic mass is 16.5. The van der Waals surface area contributed by atoms with Gasteiger partial charge < -0.3 is 19.4 Å². The molecular formula is C28H29N3O3. The number of methoxy groups -OCH3 is 1. The quantitative estimate of drug-likeness (QED) is 0.419. The van der Waals surface area contributed by atoms with Gasteiger partial charge in [-0.15, -0.1) is 0 Å². The van der Waals surface area contributed by atoms with E-state index in [2.05, 4.69) is 47.5 Å². The van der Waals surface area contributed by atoms with E-state index >= 15 is 0 Å². The van der Waals surface area contributed by atoms with Gasteiger partial charge in [0.1, 0.15) is 11.2 Å². The standard InChI is InChI=1S/C28H29N3O3/c1-19-11-12-24-21(15-19)26-23(9-6-10-25(26)34-24)29-27(32)31-18-28(31)17-30(13-14-33-2)16-22(28)20-7-4-3-5-8-20/h3-12,15,22H,13-14,16-18H2,1-2H3,(H,29,32)/t22-,28?,31?/m0/s1. The molecule has 1 unspecified atom stereocenters. The topological polar surface area (TPSA) is 57.7 Å². The number of nitrogens with one attached hydrogen (secondary N) is 1. The molecule has 2 fully saturated rings. The maximum Gasteiger partial charge on any atom is 0.322 e. The molecule has 6 nitrogen and oxygen atoms in total. The number of nitrogens with zero attached hydrogens (tertiary/aromatic N) is 2. The first-order chi connectivity index (χ1) is 16.6. The summed E-state index contributed by atoms with van der Waals surface area (Å²) < 4.78 is 11.4. The zero-order valence-corrected chi connectivity index (χ0v) is 19.6. The van der Waals surface area contributed by atoms with Gasteiger partial charge in [-0.25, -0.2) is 4.79 Å². The lowest BCUT2D eigenvalue weighted by Crippen LogP contribution is -2.33. The van der Waals surface area contributed by atoms with Crippen molar-refractivity contribution in [2.75, 3.05) is 45.2 Å². The molecule has 3 heterocycles. The number of hydrogen-bond donors (Lipinski definition) is 1. The number of furan rings is 1. The third-order valence-corrected chi connectivity index (χ3v) is 7.40. The normalized spacial score (nSPS) is 22.2. The van der Waals surface area contributed by atoms with Crippen molar-refractivity contribution in [1.29, 1.82) is 0 Å². The summed E-state index contributed by atoms with van der Waals surface area (Å²) in [5.74, 6) is 0.282. The first-order valence-electron chi connectivity index (χ1n) is 11.9. The van der Waals surface area contributed by atoms with Crippen molar-refractivity contribution in [3.63, 3.8) is 0 Å². The molecule has 1 N–H and O–H groups in total. The van der Waals surface area contributed by atoms with E-state index in [4.69, 9.17) is 9.15 Å². The zero-order chi connectivity index (χ0) is 23.3. The molecule has 6 rings (SSSR count). The lowest BCUT2D eigenvalue weighted by molar-refractivity contribution is 0.158. The SMILES string of the molecule is COCCN1C[C@@H](c2ccccc2)C2(C1)CN2C(=O)Nc1cccc2oc3ccc(C)cc3c12. The third-order valence-electron chi connectivity index (χ3n) is 7.40. The average Bonchev–Trinajstić information content (AvgIpc) is 3.26. The molecule has 0 radical (unpaired) electrons. The van der Waals surface area contributed by atoms with Crippen molar-refractivity contribution < 1.29 is 13.9 Å². The maximum atomic E-state index is 13.5. The molecule has 0 bridgehead atoms. The first-order valence-corrected chi connectivity index (χ1v) is 11.9. The number of ether oxygens (including phenoxy) is 1. The molecule has 2 saturated heterocycles. The lowest BCUT2D eigenvalue weighted by atomic mass is 9.88. The van der Waals surface area contributed by atoms with Crippen LogP contribution >= 0.6 is 0 Å². The van der Waals surface area contributed by atoms with Crippen LogP contribution in [0.3, 0.4) is 0 Å². The molecule has 1 spiro atoms. The molecular weight excluding hydrogens is 426 g/mol. The highest BCUT2D eigenvalue weighted by Gasteiger charge is 2.64. The fourth-order valence-corrected chi connectivity index (χ4v) is 5.66. The number of rotatable bonds is 5. The summed E-state index contributed by atoms with van der Waals surface area (Å²) in [7, 11) is 1.74. The van der Waals surface area contributed by atoms with E-state index in [-0.39, 0.29) is 17.5 Å². The molecule has 0 saturated carbocycles. The number of benzene rings is 3. The van der Waals surface area contributed by atoms with E-state index in [1.165, 1.54) is 5.56 Å². The smallest absolute Gasteiger partial charge is 0.322 e. The molecule has 0 aliphatic carbocycles. The number of anilines is 1. The lowest BCUT2D eigenvalue weighted by Gasteiger charge is -2.20. The molecule has 2 amide bonds. The minimum Gasteiger partial charge on any atom is -0.456 e. The van der Waals surface area contributed by atoms with E-state index in [1.54, 1.807) is 7.11 Å². The monoisotopic (exact) mass is 455 g/mol. The number of carbonyl (C=O) groups is 1. The van der Waals surface area contributed by atoms with Crippen LogP contribution in [-0.2, 0) is 4.74 Å². The van der Waals surface area contributed by atoms with Gasteiger partial charge in [0.05, 0.1) is 23.2 Å². The summed E-state index contributed by atoms with van der Waals surface area (Å²) in [6.45, 7) is 6.18. The van der Waals surface area contributed by atoms with Crippen LogP contribution in [0.2, 0.25) is 0 Å². The van der Waals surface area contributed by atoms with Crippen LogP contribution in [-0.4, -0.2) is 61.3 Å². The van der Waals surface area contributed by atoms with Gasteiger partial charge in [-0.05, 0) is 36.8 Å². The Hall–Kier alpha value is -3.35. The molecule has 1 aromatic heterocycles. The van der Waals surface area contributed by atoms with E-state index in [0.717, 1.165) is 59.4 Å². The maximum absolute atomic E-state index is 13.5. The van der Waals surface area contributed by atoms with E-state index in [0.29, 0.717) is 6.61 Å². The second kappa shape index (κ2) is 8.15. The van der Waals surface area contributed by atoms with Crippen LogP contribution in [0, 0.1) is 6.92 Å². The van der Waals surface area contributed by atoms with E-state index in [1.807, 2.05) is 41.3 Å². The molecule has 2 aliphatic heterocycles. The summed E-state index contributed by atoms with van der Waals surface area (Å²) in [4.78, 5) is 18.0.